The number of benzene rings is 1. The van der Waals surface area contributed by atoms with Gasteiger partial charge in [0.2, 0.25) is 0 Å². The van der Waals surface area contributed by atoms with Crippen LogP contribution < -0.4 is 0 Å². The summed E-state index contributed by atoms with van der Waals surface area (Å²) in [6, 6.07) is 8.09. The number of carbonyl (C=O) groups is 1. The quantitative estimate of drug-likeness (QED) is 0.918. The summed E-state index contributed by atoms with van der Waals surface area (Å²) < 4.78 is 0. The number of nitrogens with zero attached hydrogens (tertiary/aromatic N) is 1. The van der Waals surface area contributed by atoms with Crippen LogP contribution in [0.15, 0.2) is 24.3 Å². The molecule has 2 rings (SSSR count). The van der Waals surface area contributed by atoms with E-state index in [0.717, 1.165) is 25.1 Å². The predicted molar refractivity (Wildman–Crippen MR) is 80.9 cm³/mol. The van der Waals surface area contributed by atoms with Crippen LogP contribution in [0.2, 0.25) is 0 Å². The van der Waals surface area contributed by atoms with Crippen molar-refractivity contribution in [2.45, 2.75) is 45.6 Å². The molecule has 20 heavy (non-hydrogen) atoms. The summed E-state index contributed by atoms with van der Waals surface area (Å²) >= 11 is 0. The fourth-order valence-electron chi connectivity index (χ4n) is 3.14. The summed E-state index contributed by atoms with van der Waals surface area (Å²) in [5.74, 6) is -0.130. The summed E-state index contributed by atoms with van der Waals surface area (Å²) in [6.07, 6.45) is 2.87. The third-order valence-corrected chi connectivity index (χ3v) is 4.61. The molecule has 0 aliphatic carbocycles. The maximum absolute atomic E-state index is 11.9. The Bertz CT molecular complexity index is 486. The average Bonchev–Trinajstić information content (AvgIpc) is 2.41. The van der Waals surface area contributed by atoms with Gasteiger partial charge in [-0.3, -0.25) is 9.69 Å². The fourth-order valence-corrected chi connectivity index (χ4v) is 3.14. The van der Waals surface area contributed by atoms with Gasteiger partial charge >= 0.3 is 5.97 Å². The largest absolute Gasteiger partial charge is 0.480 e. The molecule has 0 bridgehead atoms. The van der Waals surface area contributed by atoms with Crippen molar-refractivity contribution in [3.8, 4) is 0 Å². The molecule has 0 amide bonds. The monoisotopic (exact) mass is 275 g/mol. The van der Waals surface area contributed by atoms with E-state index in [-0.39, 0.29) is 0 Å². The van der Waals surface area contributed by atoms with Gasteiger partial charge in [0.15, 0.2) is 0 Å². The summed E-state index contributed by atoms with van der Waals surface area (Å²) in [6.45, 7) is 7.91. The van der Waals surface area contributed by atoms with Crippen molar-refractivity contribution in [3.63, 3.8) is 0 Å². The molecular weight excluding hydrogens is 250 g/mol. The number of aliphatic carboxylic acids is 1. The summed E-state index contributed by atoms with van der Waals surface area (Å²) in [5.41, 5.74) is 1.50. The minimum atomic E-state index is -0.805. The van der Waals surface area contributed by atoms with E-state index in [1.54, 1.807) is 0 Å². The summed E-state index contributed by atoms with van der Waals surface area (Å²) in [5, 5.41) is 9.78. The fraction of sp³-hybridized carbons (Fsp3) is 0.588. The van der Waals surface area contributed by atoms with E-state index < -0.39 is 11.5 Å². The lowest BCUT2D eigenvalue weighted by atomic mass is 9.86. The van der Waals surface area contributed by atoms with Crippen LogP contribution in [-0.4, -0.2) is 34.6 Å². The van der Waals surface area contributed by atoms with E-state index in [1.165, 1.54) is 12.0 Å². The predicted octanol–water partition coefficient (Wildman–Crippen LogP) is 3.11. The van der Waals surface area contributed by atoms with Crippen LogP contribution in [0.3, 0.4) is 0 Å². The second-order valence-corrected chi connectivity index (χ2v) is 6.38. The first-order chi connectivity index (χ1) is 9.43. The van der Waals surface area contributed by atoms with E-state index in [9.17, 15) is 9.90 Å². The Morgan fingerprint density at radius 1 is 1.45 bits per heavy atom. The normalized spacial score (nSPS) is 23.2. The molecule has 0 radical (unpaired) electrons. The SMILES string of the molecule is Cc1ccccc1CC(C)(C(=O)O)N1CCCC(C)C1. The van der Waals surface area contributed by atoms with Crippen LogP contribution in [0.1, 0.15) is 37.8 Å². The highest BCUT2D eigenvalue weighted by atomic mass is 16.4. The third-order valence-electron chi connectivity index (χ3n) is 4.61. The maximum atomic E-state index is 11.9. The van der Waals surface area contributed by atoms with Crippen LogP contribution in [0.5, 0.6) is 0 Å². The first kappa shape index (κ1) is 15.0. The highest BCUT2D eigenvalue weighted by Gasteiger charge is 2.41. The second-order valence-electron chi connectivity index (χ2n) is 6.38. The number of hydrogen-bond donors (Lipinski definition) is 1. The molecule has 1 aromatic rings. The van der Waals surface area contributed by atoms with Gasteiger partial charge in [0.1, 0.15) is 5.54 Å². The Kier molecular flexibility index (Phi) is 4.48. The molecule has 1 N–H and O–H groups in total. The van der Waals surface area contributed by atoms with Gasteiger partial charge in [0.05, 0.1) is 0 Å². The Morgan fingerprint density at radius 3 is 2.75 bits per heavy atom. The Hall–Kier alpha value is -1.35. The molecular formula is C17H25NO2. The first-order valence-electron chi connectivity index (χ1n) is 7.46. The van der Waals surface area contributed by atoms with Crippen LogP contribution in [0.25, 0.3) is 0 Å². The van der Waals surface area contributed by atoms with Gasteiger partial charge in [0.25, 0.3) is 0 Å². The lowest BCUT2D eigenvalue weighted by molar-refractivity contribution is -0.151. The van der Waals surface area contributed by atoms with E-state index in [2.05, 4.69) is 24.8 Å². The first-order valence-corrected chi connectivity index (χ1v) is 7.46. The Morgan fingerprint density at radius 2 is 2.15 bits per heavy atom. The van der Waals surface area contributed by atoms with Gasteiger partial charge in [-0.2, -0.15) is 0 Å². The smallest absolute Gasteiger partial charge is 0.324 e. The standard InChI is InChI=1S/C17H25NO2/c1-13-7-6-10-18(12-13)17(3,16(19)20)11-15-9-5-4-8-14(15)2/h4-5,8-9,13H,6-7,10-12H2,1-3H3,(H,19,20). The number of likely N-dealkylation sites (tertiary alicyclic amines) is 1. The number of rotatable bonds is 4. The molecule has 0 saturated carbocycles. The molecule has 3 nitrogen and oxygen atoms in total. The van der Waals surface area contributed by atoms with Crippen molar-refractivity contribution in [2.24, 2.45) is 5.92 Å². The van der Waals surface area contributed by atoms with Gasteiger partial charge in [-0.1, -0.05) is 31.2 Å². The number of carboxylic acids is 1. The van der Waals surface area contributed by atoms with E-state index >= 15 is 0 Å². The topological polar surface area (TPSA) is 40.5 Å². The number of carboxylic acid groups (broad SMARTS) is 1. The highest BCUT2D eigenvalue weighted by molar-refractivity contribution is 5.79. The van der Waals surface area contributed by atoms with Crippen LogP contribution in [0, 0.1) is 12.8 Å². The molecule has 0 aromatic heterocycles. The van der Waals surface area contributed by atoms with E-state index in [4.69, 9.17) is 0 Å². The van der Waals surface area contributed by atoms with Crippen molar-refractivity contribution in [2.75, 3.05) is 13.1 Å². The van der Waals surface area contributed by atoms with Crippen LogP contribution in [0.4, 0.5) is 0 Å². The van der Waals surface area contributed by atoms with Gasteiger partial charge < -0.3 is 5.11 Å². The van der Waals surface area contributed by atoms with Gasteiger partial charge in [-0.15, -0.1) is 0 Å². The minimum Gasteiger partial charge on any atom is -0.480 e. The second kappa shape index (κ2) is 5.96. The molecule has 1 aliphatic rings. The molecule has 0 spiro atoms. The summed E-state index contributed by atoms with van der Waals surface area (Å²) in [7, 11) is 0. The minimum absolute atomic E-state index is 0.571. The highest BCUT2D eigenvalue weighted by Crippen LogP contribution is 2.28. The summed E-state index contributed by atoms with van der Waals surface area (Å²) in [4.78, 5) is 14.1. The Balaban J connectivity index is 2.25. The number of aryl methyl sites for hydroxylation is 1. The van der Waals surface area contributed by atoms with Gasteiger partial charge in [-0.05, 0) is 50.3 Å². The zero-order valence-electron chi connectivity index (χ0n) is 12.7. The molecule has 1 aliphatic heterocycles. The molecule has 2 unspecified atom stereocenters. The Labute approximate surface area is 121 Å². The molecule has 1 heterocycles. The molecule has 3 heteroatoms. The molecule has 1 saturated heterocycles. The lowest BCUT2D eigenvalue weighted by Crippen LogP contribution is -2.57. The van der Waals surface area contributed by atoms with Crippen molar-refractivity contribution >= 4 is 5.97 Å². The van der Waals surface area contributed by atoms with Crippen LogP contribution >= 0.6 is 0 Å². The molecule has 1 aromatic carbocycles. The maximum Gasteiger partial charge on any atom is 0.324 e. The van der Waals surface area contributed by atoms with Gasteiger partial charge in [0, 0.05) is 13.0 Å². The van der Waals surface area contributed by atoms with Gasteiger partial charge in [-0.25, -0.2) is 0 Å². The zero-order chi connectivity index (χ0) is 14.8. The number of hydrogen-bond acceptors (Lipinski definition) is 2. The lowest BCUT2D eigenvalue weighted by Gasteiger charge is -2.42. The van der Waals surface area contributed by atoms with Crippen molar-refractivity contribution in [1.29, 1.82) is 0 Å². The van der Waals surface area contributed by atoms with Crippen molar-refractivity contribution in [1.82, 2.24) is 4.90 Å². The number of piperidine rings is 1. The molecule has 1 fully saturated rings. The van der Waals surface area contributed by atoms with E-state index in [1.807, 2.05) is 25.1 Å². The van der Waals surface area contributed by atoms with Crippen LogP contribution in [-0.2, 0) is 11.2 Å². The van der Waals surface area contributed by atoms with E-state index in [0.29, 0.717) is 12.3 Å². The molecule has 110 valence electrons. The van der Waals surface area contributed by atoms with Crippen molar-refractivity contribution in [3.05, 3.63) is 35.4 Å². The average molecular weight is 275 g/mol. The third kappa shape index (κ3) is 3.04. The zero-order valence-corrected chi connectivity index (χ0v) is 12.7. The molecule has 2 atom stereocenters. The van der Waals surface area contributed by atoms with Crippen molar-refractivity contribution < 1.29 is 9.90 Å².